The number of hydrogen-bond acceptors (Lipinski definition) is 3. The first-order valence-electron chi connectivity index (χ1n) is 9.87. The van der Waals surface area contributed by atoms with E-state index in [2.05, 4.69) is 27.7 Å². The Hall–Kier alpha value is -2.62. The van der Waals surface area contributed by atoms with Crippen molar-refractivity contribution in [2.24, 2.45) is 11.3 Å². The maximum absolute atomic E-state index is 13.1. The molecule has 148 valence electrons. The summed E-state index contributed by atoms with van der Waals surface area (Å²) in [6.07, 6.45) is -0.209. The molecule has 0 aromatic heterocycles. The summed E-state index contributed by atoms with van der Waals surface area (Å²) in [5.41, 5.74) is 2.13. The van der Waals surface area contributed by atoms with Crippen molar-refractivity contribution in [3.8, 4) is 0 Å². The Morgan fingerprint density at radius 2 is 1.54 bits per heavy atom. The molecule has 4 heteroatoms. The molecule has 4 nitrogen and oxygen atoms in total. The van der Waals surface area contributed by atoms with E-state index in [0.717, 1.165) is 11.1 Å². The Morgan fingerprint density at radius 3 is 2.00 bits per heavy atom. The van der Waals surface area contributed by atoms with Gasteiger partial charge in [-0.3, -0.25) is 4.79 Å². The van der Waals surface area contributed by atoms with Crippen LogP contribution in [0, 0.1) is 11.3 Å². The van der Waals surface area contributed by atoms with Crippen molar-refractivity contribution >= 4 is 12.0 Å². The van der Waals surface area contributed by atoms with Crippen molar-refractivity contribution in [1.29, 1.82) is 0 Å². The lowest BCUT2D eigenvalue weighted by molar-refractivity contribution is -0.131. The van der Waals surface area contributed by atoms with Gasteiger partial charge in [-0.2, -0.15) is 0 Å². The van der Waals surface area contributed by atoms with Crippen LogP contribution in [0.3, 0.4) is 0 Å². The minimum atomic E-state index is -0.534. The van der Waals surface area contributed by atoms with Crippen LogP contribution in [0.25, 0.3) is 0 Å². The summed E-state index contributed by atoms with van der Waals surface area (Å²) in [5, 5.41) is 0. The second-order valence-electron chi connectivity index (χ2n) is 8.68. The van der Waals surface area contributed by atoms with Gasteiger partial charge >= 0.3 is 6.09 Å². The monoisotopic (exact) mass is 379 g/mol. The lowest BCUT2D eigenvalue weighted by Gasteiger charge is -2.31. The van der Waals surface area contributed by atoms with E-state index in [1.807, 2.05) is 60.7 Å². The molecule has 1 fully saturated rings. The second-order valence-corrected chi connectivity index (χ2v) is 8.68. The van der Waals surface area contributed by atoms with E-state index >= 15 is 0 Å². The molecule has 1 aliphatic heterocycles. The van der Waals surface area contributed by atoms with Crippen LogP contribution in [0.2, 0.25) is 0 Å². The van der Waals surface area contributed by atoms with Gasteiger partial charge in [0.2, 0.25) is 5.91 Å². The molecule has 1 aliphatic rings. The first kappa shape index (κ1) is 20.1. The van der Waals surface area contributed by atoms with Gasteiger partial charge in [0, 0.05) is 12.3 Å². The van der Waals surface area contributed by atoms with Gasteiger partial charge in [-0.25, -0.2) is 9.69 Å². The predicted octanol–water partition coefficient (Wildman–Crippen LogP) is 5.24. The average Bonchev–Trinajstić information content (AvgIpc) is 3.04. The van der Waals surface area contributed by atoms with E-state index in [9.17, 15) is 9.59 Å². The molecule has 1 heterocycles. The molecule has 0 unspecified atom stereocenters. The third-order valence-electron chi connectivity index (χ3n) is 5.84. The van der Waals surface area contributed by atoms with Gasteiger partial charge in [-0.1, -0.05) is 88.4 Å². The molecular formula is C24H29NO3. The summed E-state index contributed by atoms with van der Waals surface area (Å²) < 4.78 is 5.36. The highest BCUT2D eigenvalue weighted by molar-refractivity contribution is 5.94. The van der Waals surface area contributed by atoms with E-state index < -0.39 is 6.09 Å². The first-order chi connectivity index (χ1) is 13.3. The van der Waals surface area contributed by atoms with Crippen LogP contribution in [0.15, 0.2) is 60.7 Å². The van der Waals surface area contributed by atoms with Crippen LogP contribution in [0.1, 0.15) is 51.2 Å². The van der Waals surface area contributed by atoms with Gasteiger partial charge in [0.15, 0.2) is 0 Å². The molecular weight excluding hydrogens is 350 g/mol. The zero-order valence-corrected chi connectivity index (χ0v) is 17.1. The van der Waals surface area contributed by atoms with E-state index in [4.69, 9.17) is 4.74 Å². The molecule has 2 amide bonds. The van der Waals surface area contributed by atoms with Crippen LogP contribution in [-0.2, 0) is 9.53 Å². The van der Waals surface area contributed by atoms with Crippen molar-refractivity contribution in [3.05, 3.63) is 71.8 Å². The van der Waals surface area contributed by atoms with Gasteiger partial charge in [-0.15, -0.1) is 0 Å². The van der Waals surface area contributed by atoms with Crippen LogP contribution in [0.4, 0.5) is 4.79 Å². The lowest BCUT2D eigenvalue weighted by atomic mass is 9.79. The largest absolute Gasteiger partial charge is 0.447 e. The number of benzene rings is 2. The zero-order chi connectivity index (χ0) is 20.3. The summed E-state index contributed by atoms with van der Waals surface area (Å²) in [7, 11) is 0. The number of carbonyl (C=O) groups excluding carboxylic acids is 2. The molecule has 1 saturated heterocycles. The molecule has 0 N–H and O–H groups in total. The highest BCUT2D eigenvalue weighted by Crippen LogP contribution is 2.36. The third kappa shape index (κ3) is 4.27. The maximum atomic E-state index is 13.1. The predicted molar refractivity (Wildman–Crippen MR) is 110 cm³/mol. The number of ether oxygens (including phenoxy) is 1. The Balaban J connectivity index is 1.95. The highest BCUT2D eigenvalue weighted by atomic mass is 16.6. The average molecular weight is 380 g/mol. The van der Waals surface area contributed by atoms with Crippen molar-refractivity contribution in [3.63, 3.8) is 0 Å². The molecule has 0 aliphatic carbocycles. The molecule has 3 rings (SSSR count). The van der Waals surface area contributed by atoms with Crippen molar-refractivity contribution < 1.29 is 14.3 Å². The fourth-order valence-corrected chi connectivity index (χ4v) is 3.59. The van der Waals surface area contributed by atoms with Gasteiger partial charge in [0.25, 0.3) is 0 Å². The molecule has 28 heavy (non-hydrogen) atoms. The summed E-state index contributed by atoms with van der Waals surface area (Å²) >= 11 is 0. The fraction of sp³-hybridized carbons (Fsp3) is 0.417. The molecule has 2 aromatic carbocycles. The van der Waals surface area contributed by atoms with Gasteiger partial charge < -0.3 is 4.74 Å². The molecule has 0 spiro atoms. The van der Waals surface area contributed by atoms with Crippen LogP contribution >= 0.6 is 0 Å². The van der Waals surface area contributed by atoms with Crippen molar-refractivity contribution in [2.75, 3.05) is 6.61 Å². The number of imide groups is 1. The highest BCUT2D eigenvalue weighted by Gasteiger charge is 2.44. The number of carbonyl (C=O) groups is 2. The standard InChI is InChI=1S/C24H29NO3/c1-17(24(2,3)4)15-21(26)25-20(16-28-23(25)27)22(18-11-7-5-8-12-18)19-13-9-6-10-14-19/h5-14,17,20,22H,15-16H2,1-4H3/t17-,20-/m0/s1. The molecule has 0 saturated carbocycles. The summed E-state index contributed by atoms with van der Waals surface area (Å²) in [4.78, 5) is 27.0. The number of amides is 2. The summed E-state index contributed by atoms with van der Waals surface area (Å²) in [5.74, 6) is -0.129. The zero-order valence-electron chi connectivity index (χ0n) is 17.1. The Labute approximate surface area is 167 Å². The SMILES string of the molecule is C[C@@H](CC(=O)N1C(=O)OC[C@H]1C(c1ccccc1)c1ccccc1)C(C)(C)C. The number of rotatable bonds is 5. The minimum Gasteiger partial charge on any atom is -0.447 e. The van der Waals surface area contributed by atoms with Crippen LogP contribution < -0.4 is 0 Å². The first-order valence-corrected chi connectivity index (χ1v) is 9.87. The van der Waals surface area contributed by atoms with Gasteiger partial charge in [0.1, 0.15) is 6.61 Å². The number of nitrogens with zero attached hydrogens (tertiary/aromatic N) is 1. The molecule has 2 atom stereocenters. The Bertz CT molecular complexity index is 771. The fourth-order valence-electron chi connectivity index (χ4n) is 3.59. The van der Waals surface area contributed by atoms with Crippen LogP contribution in [-0.4, -0.2) is 29.5 Å². The Kier molecular flexibility index (Phi) is 5.87. The lowest BCUT2D eigenvalue weighted by Crippen LogP contribution is -2.43. The number of cyclic esters (lactones) is 1. The summed E-state index contributed by atoms with van der Waals surface area (Å²) in [6.45, 7) is 8.60. The quantitative estimate of drug-likeness (QED) is 0.714. The smallest absolute Gasteiger partial charge is 0.417 e. The van der Waals surface area contributed by atoms with Gasteiger partial charge in [-0.05, 0) is 22.5 Å². The summed E-state index contributed by atoms with van der Waals surface area (Å²) in [6, 6.07) is 19.7. The number of hydrogen-bond donors (Lipinski definition) is 0. The third-order valence-corrected chi connectivity index (χ3v) is 5.84. The molecule has 0 radical (unpaired) electrons. The van der Waals surface area contributed by atoms with Crippen LogP contribution in [0.5, 0.6) is 0 Å². The minimum absolute atomic E-state index is 0.00690. The van der Waals surface area contributed by atoms with E-state index in [0.29, 0.717) is 6.42 Å². The van der Waals surface area contributed by atoms with E-state index in [1.165, 1.54) is 4.90 Å². The van der Waals surface area contributed by atoms with Crippen molar-refractivity contribution in [2.45, 2.75) is 46.1 Å². The van der Waals surface area contributed by atoms with E-state index in [-0.39, 0.29) is 35.8 Å². The molecule has 0 bridgehead atoms. The van der Waals surface area contributed by atoms with Gasteiger partial charge in [0.05, 0.1) is 6.04 Å². The Morgan fingerprint density at radius 1 is 1.04 bits per heavy atom. The topological polar surface area (TPSA) is 46.6 Å². The van der Waals surface area contributed by atoms with E-state index in [1.54, 1.807) is 0 Å². The second kappa shape index (κ2) is 8.17. The van der Waals surface area contributed by atoms with Crippen molar-refractivity contribution in [1.82, 2.24) is 4.90 Å². The maximum Gasteiger partial charge on any atom is 0.417 e. The normalized spacial score (nSPS) is 18.2. The molecule has 2 aromatic rings.